The molecule has 1 atom stereocenters. The van der Waals surface area contributed by atoms with Gasteiger partial charge in [-0.05, 0) is 17.4 Å². The van der Waals surface area contributed by atoms with Gasteiger partial charge in [-0.1, -0.05) is 56.3 Å². The topological polar surface area (TPSA) is 51.2 Å². The quantitative estimate of drug-likeness (QED) is 0.679. The van der Waals surface area contributed by atoms with Crippen molar-refractivity contribution < 1.29 is 13.9 Å². The number of hydrogen-bond donors (Lipinski definition) is 1. The molecule has 0 saturated carbocycles. The van der Waals surface area contributed by atoms with Crippen LogP contribution in [0.15, 0.2) is 54.7 Å². The molecule has 0 saturated heterocycles. The first kappa shape index (κ1) is 17.9. The molecule has 1 heterocycles. The fourth-order valence-corrected chi connectivity index (χ4v) is 2.97. The molecule has 3 rings (SSSR count). The zero-order chi connectivity index (χ0) is 18.7. The molecule has 0 radical (unpaired) electrons. The highest BCUT2D eigenvalue weighted by molar-refractivity contribution is 6.02. The lowest BCUT2D eigenvalue weighted by molar-refractivity contribution is -0.142. The van der Waals surface area contributed by atoms with Crippen LogP contribution in [-0.2, 0) is 9.53 Å². The van der Waals surface area contributed by atoms with Crippen molar-refractivity contribution in [2.75, 3.05) is 12.4 Å². The Morgan fingerprint density at radius 3 is 2.35 bits per heavy atom. The Morgan fingerprint density at radius 2 is 1.69 bits per heavy atom. The molecule has 0 aliphatic carbocycles. The molecule has 0 amide bonds. The number of ether oxygens (including phenoxy) is 1. The molecular weight excluding hydrogens is 331 g/mol. The van der Waals surface area contributed by atoms with Gasteiger partial charge in [0, 0.05) is 22.7 Å². The molecule has 0 fully saturated rings. The maximum atomic E-state index is 14.3. The fraction of sp³-hybridized carbons (Fsp3) is 0.238. The van der Waals surface area contributed by atoms with Gasteiger partial charge in [0.25, 0.3) is 0 Å². The number of methoxy groups -OCH3 is 1. The number of fused-ring (bicyclic) bond motifs is 1. The lowest BCUT2D eigenvalue weighted by Gasteiger charge is -2.21. The SMILES string of the molecule is COC(=O)C(Nc1ncc(-c2ccccc2F)c2ccccc12)C(C)C. The number of rotatable bonds is 5. The number of anilines is 1. The summed E-state index contributed by atoms with van der Waals surface area (Å²) in [6, 6.07) is 13.7. The average molecular weight is 352 g/mol. The van der Waals surface area contributed by atoms with E-state index in [1.165, 1.54) is 13.2 Å². The molecule has 1 aromatic heterocycles. The van der Waals surface area contributed by atoms with Gasteiger partial charge < -0.3 is 10.1 Å². The summed E-state index contributed by atoms with van der Waals surface area (Å²) in [5, 5.41) is 4.87. The number of esters is 1. The van der Waals surface area contributed by atoms with E-state index in [1.54, 1.807) is 24.4 Å². The number of carbonyl (C=O) groups excluding carboxylic acids is 1. The van der Waals surface area contributed by atoms with Gasteiger partial charge in [-0.3, -0.25) is 0 Å². The van der Waals surface area contributed by atoms with Crippen molar-refractivity contribution in [1.82, 2.24) is 4.98 Å². The third-order valence-corrected chi connectivity index (χ3v) is 4.37. The summed E-state index contributed by atoms with van der Waals surface area (Å²) >= 11 is 0. The van der Waals surface area contributed by atoms with Crippen LogP contribution in [0.25, 0.3) is 21.9 Å². The number of pyridine rings is 1. The molecule has 134 valence electrons. The minimum atomic E-state index is -0.518. The number of hydrogen-bond acceptors (Lipinski definition) is 4. The summed E-state index contributed by atoms with van der Waals surface area (Å²) in [5.74, 6) is -0.0436. The monoisotopic (exact) mass is 352 g/mol. The van der Waals surface area contributed by atoms with Gasteiger partial charge in [0.2, 0.25) is 0 Å². The summed E-state index contributed by atoms with van der Waals surface area (Å²) in [4.78, 5) is 16.5. The standard InChI is InChI=1S/C21H21FN2O2/c1-13(2)19(21(25)26-3)24-20-16-10-5-4-8-14(16)17(12-23-20)15-9-6-7-11-18(15)22/h4-13,19H,1-3H3,(H,23,24). The Labute approximate surface area is 152 Å². The maximum Gasteiger partial charge on any atom is 0.328 e. The van der Waals surface area contributed by atoms with Gasteiger partial charge in [0.15, 0.2) is 0 Å². The predicted molar refractivity (Wildman–Crippen MR) is 101 cm³/mol. The molecule has 0 aliphatic heterocycles. The highest BCUT2D eigenvalue weighted by Crippen LogP contribution is 2.33. The Kier molecular flexibility index (Phi) is 5.16. The van der Waals surface area contributed by atoms with Gasteiger partial charge in [0.05, 0.1) is 7.11 Å². The highest BCUT2D eigenvalue weighted by Gasteiger charge is 2.24. The van der Waals surface area contributed by atoms with E-state index in [1.807, 2.05) is 38.1 Å². The lowest BCUT2D eigenvalue weighted by atomic mass is 9.99. The zero-order valence-electron chi connectivity index (χ0n) is 15.0. The molecule has 1 unspecified atom stereocenters. The normalized spacial score (nSPS) is 12.2. The second kappa shape index (κ2) is 7.52. The van der Waals surface area contributed by atoms with Gasteiger partial charge in [0.1, 0.15) is 17.7 Å². The molecule has 5 heteroatoms. The fourth-order valence-electron chi connectivity index (χ4n) is 2.97. The van der Waals surface area contributed by atoms with E-state index >= 15 is 0 Å². The average Bonchev–Trinajstić information content (AvgIpc) is 2.65. The minimum Gasteiger partial charge on any atom is -0.467 e. The third-order valence-electron chi connectivity index (χ3n) is 4.37. The van der Waals surface area contributed by atoms with Crippen molar-refractivity contribution in [3.8, 4) is 11.1 Å². The van der Waals surface area contributed by atoms with Crippen LogP contribution in [0, 0.1) is 11.7 Å². The molecule has 0 spiro atoms. The molecule has 1 N–H and O–H groups in total. The molecule has 4 nitrogen and oxygen atoms in total. The van der Waals surface area contributed by atoms with E-state index in [9.17, 15) is 9.18 Å². The number of benzene rings is 2. The highest BCUT2D eigenvalue weighted by atomic mass is 19.1. The Bertz CT molecular complexity index is 940. The van der Waals surface area contributed by atoms with Crippen molar-refractivity contribution in [3.05, 3.63) is 60.5 Å². The number of nitrogens with zero attached hydrogens (tertiary/aromatic N) is 1. The number of carbonyl (C=O) groups is 1. The van der Waals surface area contributed by atoms with Crippen LogP contribution in [0.4, 0.5) is 10.2 Å². The van der Waals surface area contributed by atoms with Crippen LogP contribution < -0.4 is 5.32 Å². The zero-order valence-corrected chi connectivity index (χ0v) is 15.0. The molecular formula is C21H21FN2O2. The number of nitrogens with one attached hydrogen (secondary N) is 1. The molecule has 2 aromatic carbocycles. The van der Waals surface area contributed by atoms with Crippen molar-refractivity contribution in [2.24, 2.45) is 5.92 Å². The van der Waals surface area contributed by atoms with Crippen LogP contribution in [0.2, 0.25) is 0 Å². The second-order valence-electron chi connectivity index (χ2n) is 6.44. The first-order valence-corrected chi connectivity index (χ1v) is 8.50. The molecule has 26 heavy (non-hydrogen) atoms. The summed E-state index contributed by atoms with van der Waals surface area (Å²) in [6.45, 7) is 3.87. The van der Waals surface area contributed by atoms with Gasteiger partial charge in [-0.25, -0.2) is 14.2 Å². The van der Waals surface area contributed by atoms with Crippen LogP contribution in [0.5, 0.6) is 0 Å². The maximum absolute atomic E-state index is 14.3. The molecule has 3 aromatic rings. The Morgan fingerprint density at radius 1 is 1.04 bits per heavy atom. The first-order chi connectivity index (χ1) is 12.5. The largest absolute Gasteiger partial charge is 0.467 e. The van der Waals surface area contributed by atoms with Crippen molar-refractivity contribution in [2.45, 2.75) is 19.9 Å². The van der Waals surface area contributed by atoms with Crippen LogP contribution in [-0.4, -0.2) is 24.1 Å². The van der Waals surface area contributed by atoms with E-state index < -0.39 is 6.04 Å². The Balaban J connectivity index is 2.12. The van der Waals surface area contributed by atoms with Crippen molar-refractivity contribution in [3.63, 3.8) is 0 Å². The first-order valence-electron chi connectivity index (χ1n) is 8.50. The predicted octanol–water partition coefficient (Wildman–Crippen LogP) is 4.65. The Hall–Kier alpha value is -2.95. The van der Waals surface area contributed by atoms with E-state index in [0.29, 0.717) is 16.9 Å². The van der Waals surface area contributed by atoms with Gasteiger partial charge in [-0.15, -0.1) is 0 Å². The third kappa shape index (κ3) is 3.38. The minimum absolute atomic E-state index is 0.0225. The van der Waals surface area contributed by atoms with Gasteiger partial charge in [-0.2, -0.15) is 0 Å². The van der Waals surface area contributed by atoms with E-state index in [-0.39, 0.29) is 17.7 Å². The van der Waals surface area contributed by atoms with E-state index in [0.717, 1.165) is 10.8 Å². The summed E-state index contributed by atoms with van der Waals surface area (Å²) in [6.07, 6.45) is 1.64. The lowest BCUT2D eigenvalue weighted by Crippen LogP contribution is -2.35. The number of halogens is 1. The summed E-state index contributed by atoms with van der Waals surface area (Å²) < 4.78 is 19.2. The summed E-state index contributed by atoms with van der Waals surface area (Å²) in [7, 11) is 1.37. The number of aromatic nitrogens is 1. The van der Waals surface area contributed by atoms with Crippen molar-refractivity contribution in [1.29, 1.82) is 0 Å². The van der Waals surface area contributed by atoms with E-state index in [4.69, 9.17) is 4.74 Å². The van der Waals surface area contributed by atoms with Crippen LogP contribution in [0.1, 0.15) is 13.8 Å². The smallest absolute Gasteiger partial charge is 0.328 e. The molecule has 0 bridgehead atoms. The van der Waals surface area contributed by atoms with Crippen LogP contribution in [0.3, 0.4) is 0 Å². The van der Waals surface area contributed by atoms with Gasteiger partial charge >= 0.3 is 5.97 Å². The second-order valence-corrected chi connectivity index (χ2v) is 6.44. The summed E-state index contributed by atoms with van der Waals surface area (Å²) in [5.41, 5.74) is 1.21. The molecule has 0 aliphatic rings. The van der Waals surface area contributed by atoms with Crippen molar-refractivity contribution >= 4 is 22.6 Å². The van der Waals surface area contributed by atoms with E-state index in [2.05, 4.69) is 10.3 Å². The van der Waals surface area contributed by atoms with Crippen LogP contribution >= 0.6 is 0 Å².